The van der Waals surface area contributed by atoms with Gasteiger partial charge < -0.3 is 16.0 Å². The van der Waals surface area contributed by atoms with Crippen LogP contribution in [0.2, 0.25) is 5.02 Å². The van der Waals surface area contributed by atoms with Gasteiger partial charge in [0, 0.05) is 19.0 Å². The number of nitrogens with zero attached hydrogens (tertiary/aromatic N) is 1. The number of alkyl halides is 3. The number of benzene rings is 1. The van der Waals surface area contributed by atoms with E-state index in [4.69, 9.17) is 17.3 Å². The number of rotatable bonds is 3. The molecule has 2 aliphatic rings. The topological polar surface area (TPSA) is 75.4 Å². The number of urea groups is 1. The SMILES string of the molecule is CC1([C@@H](c2ccc(F)c(Cl)c2)C2CC(C(F)(F)F)C2)C(=O)NCCN1C(N)=O. The highest BCUT2D eigenvalue weighted by Gasteiger charge is 2.58. The van der Waals surface area contributed by atoms with E-state index in [0.717, 1.165) is 6.07 Å². The summed E-state index contributed by atoms with van der Waals surface area (Å²) in [4.78, 5) is 26.0. The van der Waals surface area contributed by atoms with Crippen LogP contribution in [0.4, 0.5) is 22.4 Å². The van der Waals surface area contributed by atoms with Crippen LogP contribution in [-0.2, 0) is 4.79 Å². The smallest absolute Gasteiger partial charge is 0.352 e. The molecule has 3 rings (SSSR count). The van der Waals surface area contributed by atoms with Crippen molar-refractivity contribution in [2.24, 2.45) is 17.6 Å². The van der Waals surface area contributed by atoms with Crippen molar-refractivity contribution >= 4 is 23.5 Å². The van der Waals surface area contributed by atoms with Crippen LogP contribution < -0.4 is 11.1 Å². The van der Waals surface area contributed by atoms with Gasteiger partial charge in [0.25, 0.3) is 0 Å². The maximum absolute atomic E-state index is 13.7. The number of amides is 3. The Bertz CT molecular complexity index is 798. The van der Waals surface area contributed by atoms with E-state index in [9.17, 15) is 27.2 Å². The van der Waals surface area contributed by atoms with E-state index < -0.39 is 47.2 Å². The summed E-state index contributed by atoms with van der Waals surface area (Å²) < 4.78 is 52.8. The Labute approximate surface area is 164 Å². The zero-order valence-corrected chi connectivity index (χ0v) is 15.8. The minimum Gasteiger partial charge on any atom is -0.352 e. The molecule has 2 atom stereocenters. The van der Waals surface area contributed by atoms with E-state index in [1.165, 1.54) is 24.0 Å². The zero-order valence-electron chi connectivity index (χ0n) is 15.0. The Balaban J connectivity index is 2.06. The number of hydrogen-bond donors (Lipinski definition) is 2. The standard InChI is InChI=1S/C18H20ClF4N3O2/c1-17(15(27)25-4-5-26(17)16(24)28)14(9-2-3-13(20)12(19)8-9)10-6-11(7-10)18(21,22)23/h2-3,8,10-11,14H,4-7H2,1H3,(H2,24,28)(H,25,27)/t10?,11?,14-,17?/m0/s1. The Morgan fingerprint density at radius 1 is 1.39 bits per heavy atom. The zero-order chi connectivity index (χ0) is 20.9. The fourth-order valence-corrected chi connectivity index (χ4v) is 4.62. The van der Waals surface area contributed by atoms with Gasteiger partial charge in [-0.25, -0.2) is 9.18 Å². The van der Waals surface area contributed by atoms with Crippen LogP contribution in [0.1, 0.15) is 31.2 Å². The average molecular weight is 422 g/mol. The second-order valence-electron chi connectivity index (χ2n) is 7.51. The largest absolute Gasteiger partial charge is 0.391 e. The van der Waals surface area contributed by atoms with Gasteiger partial charge in [-0.1, -0.05) is 17.7 Å². The monoisotopic (exact) mass is 421 g/mol. The van der Waals surface area contributed by atoms with Crippen LogP contribution in [0, 0.1) is 17.7 Å². The summed E-state index contributed by atoms with van der Waals surface area (Å²) in [5.74, 6) is -4.05. The van der Waals surface area contributed by atoms with E-state index >= 15 is 0 Å². The number of piperazine rings is 1. The van der Waals surface area contributed by atoms with Gasteiger partial charge in [0.2, 0.25) is 5.91 Å². The van der Waals surface area contributed by atoms with E-state index in [1.807, 2.05) is 0 Å². The molecule has 1 saturated carbocycles. The van der Waals surface area contributed by atoms with Gasteiger partial charge >= 0.3 is 12.2 Å². The first kappa shape index (κ1) is 20.7. The average Bonchev–Trinajstić information content (AvgIpc) is 2.54. The van der Waals surface area contributed by atoms with Crippen molar-refractivity contribution < 1.29 is 27.2 Å². The molecule has 1 aliphatic carbocycles. The molecule has 1 aromatic carbocycles. The minimum atomic E-state index is -4.33. The first-order valence-electron chi connectivity index (χ1n) is 8.83. The lowest BCUT2D eigenvalue weighted by Gasteiger charge is -2.53. The minimum absolute atomic E-state index is 0.123. The van der Waals surface area contributed by atoms with E-state index in [-0.39, 0.29) is 31.0 Å². The van der Waals surface area contributed by atoms with Crippen molar-refractivity contribution in [2.75, 3.05) is 13.1 Å². The number of carbonyl (C=O) groups excluding carboxylic acids is 2. The van der Waals surface area contributed by atoms with E-state index in [0.29, 0.717) is 5.56 Å². The third kappa shape index (κ3) is 3.40. The molecule has 0 aromatic heterocycles. The quantitative estimate of drug-likeness (QED) is 0.734. The Hall–Kier alpha value is -2.03. The highest BCUT2D eigenvalue weighted by atomic mass is 35.5. The Morgan fingerprint density at radius 2 is 2.04 bits per heavy atom. The molecular weight excluding hydrogens is 402 g/mol. The van der Waals surface area contributed by atoms with Gasteiger partial charge in [-0.05, 0) is 43.4 Å². The summed E-state index contributed by atoms with van der Waals surface area (Å²) in [5, 5.41) is 2.45. The number of nitrogens with one attached hydrogen (secondary N) is 1. The molecule has 3 amide bonds. The molecule has 5 nitrogen and oxygen atoms in total. The third-order valence-electron chi connectivity index (χ3n) is 5.92. The molecule has 1 saturated heterocycles. The predicted molar refractivity (Wildman–Crippen MR) is 94.1 cm³/mol. The Kier molecular flexibility index (Phi) is 5.24. The summed E-state index contributed by atoms with van der Waals surface area (Å²) in [6.07, 6.45) is -4.72. The van der Waals surface area contributed by atoms with E-state index in [2.05, 4.69) is 5.32 Å². The molecule has 0 bridgehead atoms. The van der Waals surface area contributed by atoms with Gasteiger partial charge in [0.1, 0.15) is 11.4 Å². The maximum atomic E-state index is 13.7. The van der Waals surface area contributed by atoms with Crippen molar-refractivity contribution in [1.82, 2.24) is 10.2 Å². The van der Waals surface area contributed by atoms with Crippen LogP contribution in [0.15, 0.2) is 18.2 Å². The number of nitrogens with two attached hydrogens (primary N) is 1. The number of hydrogen-bond acceptors (Lipinski definition) is 2. The highest BCUT2D eigenvalue weighted by molar-refractivity contribution is 6.30. The van der Waals surface area contributed by atoms with Gasteiger partial charge in [0.15, 0.2) is 0 Å². The normalized spacial score (nSPS) is 29.1. The van der Waals surface area contributed by atoms with Gasteiger partial charge in [-0.3, -0.25) is 4.79 Å². The van der Waals surface area contributed by atoms with Crippen molar-refractivity contribution in [3.8, 4) is 0 Å². The molecule has 1 aromatic rings. The van der Waals surface area contributed by atoms with Gasteiger partial charge in [-0.2, -0.15) is 13.2 Å². The summed E-state index contributed by atoms with van der Waals surface area (Å²) >= 11 is 5.88. The second kappa shape index (κ2) is 7.09. The van der Waals surface area contributed by atoms with Crippen LogP contribution in [-0.4, -0.2) is 41.6 Å². The van der Waals surface area contributed by atoms with Crippen molar-refractivity contribution in [3.05, 3.63) is 34.6 Å². The molecule has 0 spiro atoms. The summed E-state index contributed by atoms with van der Waals surface area (Å²) in [6.45, 7) is 1.79. The summed E-state index contributed by atoms with van der Waals surface area (Å²) in [7, 11) is 0. The fraction of sp³-hybridized carbons (Fsp3) is 0.556. The number of carbonyl (C=O) groups is 2. The molecule has 3 N–H and O–H groups in total. The predicted octanol–water partition coefficient (Wildman–Crippen LogP) is 3.42. The molecule has 154 valence electrons. The fourth-order valence-electron chi connectivity index (χ4n) is 4.43. The number of halogens is 5. The van der Waals surface area contributed by atoms with Crippen molar-refractivity contribution in [1.29, 1.82) is 0 Å². The van der Waals surface area contributed by atoms with Crippen LogP contribution in [0.3, 0.4) is 0 Å². The second-order valence-corrected chi connectivity index (χ2v) is 7.92. The lowest BCUT2D eigenvalue weighted by molar-refractivity contribution is -0.209. The van der Waals surface area contributed by atoms with Crippen molar-refractivity contribution in [2.45, 2.75) is 37.4 Å². The van der Waals surface area contributed by atoms with Crippen molar-refractivity contribution in [3.63, 3.8) is 0 Å². The highest BCUT2D eigenvalue weighted by Crippen LogP contribution is 2.54. The van der Waals surface area contributed by atoms with E-state index in [1.54, 1.807) is 0 Å². The molecule has 2 fully saturated rings. The van der Waals surface area contributed by atoms with Crippen LogP contribution in [0.5, 0.6) is 0 Å². The number of primary amides is 1. The molecule has 1 aliphatic heterocycles. The molecular formula is C18H20ClF4N3O2. The first-order valence-corrected chi connectivity index (χ1v) is 9.21. The lowest BCUT2D eigenvalue weighted by Crippen LogP contribution is -2.69. The third-order valence-corrected chi connectivity index (χ3v) is 6.21. The van der Waals surface area contributed by atoms with Gasteiger partial charge in [-0.15, -0.1) is 0 Å². The summed E-state index contributed by atoms with van der Waals surface area (Å²) in [5.41, 5.74) is 4.34. The summed E-state index contributed by atoms with van der Waals surface area (Å²) in [6, 6.07) is 2.94. The Morgan fingerprint density at radius 3 is 2.57 bits per heavy atom. The van der Waals surface area contributed by atoms with Crippen LogP contribution >= 0.6 is 11.6 Å². The molecule has 10 heteroatoms. The molecule has 1 heterocycles. The van der Waals surface area contributed by atoms with Gasteiger partial charge in [0.05, 0.1) is 10.9 Å². The maximum Gasteiger partial charge on any atom is 0.391 e. The molecule has 1 unspecified atom stereocenters. The molecule has 0 radical (unpaired) electrons. The molecule has 28 heavy (non-hydrogen) atoms. The first-order chi connectivity index (χ1) is 13.0. The lowest BCUT2D eigenvalue weighted by atomic mass is 9.60. The van der Waals surface area contributed by atoms with Crippen LogP contribution in [0.25, 0.3) is 0 Å².